The van der Waals surface area contributed by atoms with Crippen LogP contribution in [0.25, 0.3) is 5.69 Å². The van der Waals surface area contributed by atoms with Gasteiger partial charge in [0.15, 0.2) is 5.15 Å². The number of halogens is 2. The highest BCUT2D eigenvalue weighted by Gasteiger charge is 2.22. The summed E-state index contributed by atoms with van der Waals surface area (Å²) in [6.45, 7) is 2.49. The molecule has 26 heavy (non-hydrogen) atoms. The van der Waals surface area contributed by atoms with Gasteiger partial charge in [-0.25, -0.2) is 9.07 Å². The third-order valence-electron chi connectivity index (χ3n) is 4.51. The molecule has 2 aromatic heterocycles. The van der Waals surface area contributed by atoms with Crippen molar-refractivity contribution in [2.24, 2.45) is 5.92 Å². The first-order chi connectivity index (χ1) is 12.5. The molecule has 0 bridgehead atoms. The largest absolute Gasteiger partial charge is 0.389 e. The number of aliphatic hydroxyl groups is 1. The maximum absolute atomic E-state index is 13.6. The molecule has 0 unspecified atom stereocenters. The zero-order valence-corrected chi connectivity index (χ0v) is 15.1. The molecule has 0 aliphatic heterocycles. The summed E-state index contributed by atoms with van der Waals surface area (Å²) in [5.41, 5.74) is 2.64. The molecule has 1 aliphatic carbocycles. The van der Waals surface area contributed by atoms with Crippen LogP contribution in [-0.2, 0) is 13.0 Å². The van der Waals surface area contributed by atoms with E-state index in [1.54, 1.807) is 23.7 Å². The minimum absolute atomic E-state index is 0.325. The van der Waals surface area contributed by atoms with E-state index in [1.807, 2.05) is 10.9 Å². The van der Waals surface area contributed by atoms with E-state index in [0.29, 0.717) is 22.8 Å². The lowest BCUT2D eigenvalue weighted by Gasteiger charge is -2.14. The first-order valence-electron chi connectivity index (χ1n) is 8.61. The van der Waals surface area contributed by atoms with E-state index in [-0.39, 0.29) is 0 Å². The summed E-state index contributed by atoms with van der Waals surface area (Å²) in [7, 11) is 0. The van der Waals surface area contributed by atoms with Gasteiger partial charge in [-0.1, -0.05) is 16.8 Å². The van der Waals surface area contributed by atoms with Crippen LogP contribution in [-0.4, -0.2) is 29.9 Å². The van der Waals surface area contributed by atoms with E-state index in [9.17, 15) is 9.50 Å². The van der Waals surface area contributed by atoms with Gasteiger partial charge in [0.25, 0.3) is 0 Å². The predicted octanol–water partition coefficient (Wildman–Crippen LogP) is 3.31. The van der Waals surface area contributed by atoms with Crippen LogP contribution in [0.5, 0.6) is 0 Å². The van der Waals surface area contributed by atoms with Gasteiger partial charge in [-0.3, -0.25) is 4.68 Å². The molecule has 0 saturated heterocycles. The second-order valence-electron chi connectivity index (χ2n) is 6.80. The predicted molar refractivity (Wildman–Crippen MR) is 94.7 cm³/mol. The number of aromatic nitrogens is 5. The van der Waals surface area contributed by atoms with Gasteiger partial charge >= 0.3 is 0 Å². The van der Waals surface area contributed by atoms with Gasteiger partial charge in [-0.2, -0.15) is 5.10 Å². The lowest BCUT2D eigenvalue weighted by molar-refractivity contribution is 0.198. The summed E-state index contributed by atoms with van der Waals surface area (Å²) in [5.74, 6) is 0.310. The fourth-order valence-corrected chi connectivity index (χ4v) is 3.24. The minimum Gasteiger partial charge on any atom is -0.389 e. The van der Waals surface area contributed by atoms with Crippen molar-refractivity contribution in [1.29, 1.82) is 0 Å². The van der Waals surface area contributed by atoms with Crippen LogP contribution >= 0.6 is 11.6 Å². The number of aliphatic hydroxyl groups excluding tert-OH is 1. The quantitative estimate of drug-likeness (QED) is 0.717. The van der Waals surface area contributed by atoms with Crippen LogP contribution in [0, 0.1) is 11.7 Å². The second-order valence-corrected chi connectivity index (χ2v) is 7.19. The van der Waals surface area contributed by atoms with Gasteiger partial charge in [-0.15, -0.1) is 5.10 Å². The van der Waals surface area contributed by atoms with Crippen LogP contribution < -0.4 is 0 Å². The molecule has 0 spiro atoms. The SMILES string of the molecule is C[C@@H](O)c1cc(F)ccc1-n1nc(Cl)cc1Cc1cn(CC2CC2)nn1. The van der Waals surface area contributed by atoms with Crippen LogP contribution in [0.1, 0.15) is 42.8 Å². The molecule has 1 saturated carbocycles. The number of benzene rings is 1. The standard InChI is InChI=1S/C18H19ClFN5O/c1-11(26)16-6-13(20)4-5-17(16)25-15(8-18(19)22-25)7-14-10-24(23-21-14)9-12-2-3-12/h4-6,8,10-12,26H,2-3,7,9H2,1H3/t11-/m1/s1. The molecule has 1 N–H and O–H groups in total. The highest BCUT2D eigenvalue weighted by Crippen LogP contribution is 2.30. The summed E-state index contributed by atoms with van der Waals surface area (Å²) in [6, 6.07) is 5.99. The van der Waals surface area contributed by atoms with Crippen LogP contribution in [0.2, 0.25) is 5.15 Å². The molecule has 3 aromatic rings. The zero-order valence-electron chi connectivity index (χ0n) is 14.3. The molecule has 0 radical (unpaired) electrons. The first kappa shape index (κ1) is 17.2. The summed E-state index contributed by atoms with van der Waals surface area (Å²) in [5, 5.41) is 23.0. The van der Waals surface area contributed by atoms with E-state index in [4.69, 9.17) is 11.6 Å². The monoisotopic (exact) mass is 375 g/mol. The average molecular weight is 376 g/mol. The molecule has 136 valence electrons. The summed E-state index contributed by atoms with van der Waals surface area (Å²) in [4.78, 5) is 0. The Balaban J connectivity index is 1.66. The van der Waals surface area contributed by atoms with Crippen molar-refractivity contribution >= 4 is 11.6 Å². The van der Waals surface area contributed by atoms with E-state index in [2.05, 4.69) is 15.4 Å². The number of hydrogen-bond donors (Lipinski definition) is 1. The van der Waals surface area contributed by atoms with E-state index in [1.165, 1.54) is 25.0 Å². The first-order valence-corrected chi connectivity index (χ1v) is 8.98. The zero-order chi connectivity index (χ0) is 18.3. The molecule has 1 aromatic carbocycles. The molecule has 0 amide bonds. The Labute approximate surface area is 155 Å². The molecule has 1 aliphatic rings. The fraction of sp³-hybridized carbons (Fsp3) is 0.389. The maximum atomic E-state index is 13.6. The molecule has 2 heterocycles. The third kappa shape index (κ3) is 3.64. The topological polar surface area (TPSA) is 68.8 Å². The Morgan fingerprint density at radius 3 is 2.88 bits per heavy atom. The minimum atomic E-state index is -0.837. The van der Waals surface area contributed by atoms with Gasteiger partial charge < -0.3 is 5.11 Å². The summed E-state index contributed by atoms with van der Waals surface area (Å²) in [6.07, 6.45) is 4.09. The van der Waals surface area contributed by atoms with Crippen molar-refractivity contribution in [2.75, 3.05) is 0 Å². The van der Waals surface area contributed by atoms with Crippen molar-refractivity contribution in [2.45, 2.75) is 38.8 Å². The molecule has 8 heteroatoms. The number of rotatable bonds is 6. The van der Waals surface area contributed by atoms with Crippen molar-refractivity contribution in [3.05, 3.63) is 58.4 Å². The summed E-state index contributed by atoms with van der Waals surface area (Å²) >= 11 is 6.12. The highest BCUT2D eigenvalue weighted by molar-refractivity contribution is 6.29. The van der Waals surface area contributed by atoms with Gasteiger partial charge in [0, 0.05) is 24.7 Å². The van der Waals surface area contributed by atoms with E-state index in [0.717, 1.165) is 23.9 Å². The summed E-state index contributed by atoms with van der Waals surface area (Å²) < 4.78 is 17.1. The average Bonchev–Trinajstić information content (AvgIpc) is 3.18. The van der Waals surface area contributed by atoms with Crippen LogP contribution in [0.15, 0.2) is 30.5 Å². The Morgan fingerprint density at radius 1 is 1.35 bits per heavy atom. The molecular formula is C18H19ClFN5O. The van der Waals surface area contributed by atoms with Crippen molar-refractivity contribution in [3.8, 4) is 5.69 Å². The smallest absolute Gasteiger partial charge is 0.151 e. The van der Waals surface area contributed by atoms with Crippen LogP contribution in [0.4, 0.5) is 4.39 Å². The Morgan fingerprint density at radius 2 is 2.15 bits per heavy atom. The second kappa shape index (κ2) is 6.81. The normalized spacial score (nSPS) is 15.4. The van der Waals surface area contributed by atoms with Crippen molar-refractivity contribution in [3.63, 3.8) is 0 Å². The molecule has 6 nitrogen and oxygen atoms in total. The fourth-order valence-electron chi connectivity index (χ4n) is 3.03. The molecular weight excluding hydrogens is 357 g/mol. The van der Waals surface area contributed by atoms with Crippen LogP contribution in [0.3, 0.4) is 0 Å². The molecule has 1 fully saturated rings. The number of nitrogens with zero attached hydrogens (tertiary/aromatic N) is 5. The van der Waals surface area contributed by atoms with E-state index >= 15 is 0 Å². The van der Waals surface area contributed by atoms with Crippen molar-refractivity contribution < 1.29 is 9.50 Å². The van der Waals surface area contributed by atoms with Gasteiger partial charge in [-0.05, 0) is 49.9 Å². The van der Waals surface area contributed by atoms with E-state index < -0.39 is 11.9 Å². The Hall–Kier alpha value is -2.25. The lowest BCUT2D eigenvalue weighted by atomic mass is 10.1. The lowest BCUT2D eigenvalue weighted by Crippen LogP contribution is -2.08. The third-order valence-corrected chi connectivity index (χ3v) is 4.70. The molecule has 1 atom stereocenters. The van der Waals surface area contributed by atoms with Crippen molar-refractivity contribution in [1.82, 2.24) is 24.8 Å². The number of hydrogen-bond acceptors (Lipinski definition) is 4. The maximum Gasteiger partial charge on any atom is 0.151 e. The Bertz CT molecular complexity index is 932. The van der Waals surface area contributed by atoms with Gasteiger partial charge in [0.05, 0.1) is 23.2 Å². The van der Waals surface area contributed by atoms with Gasteiger partial charge in [0.2, 0.25) is 0 Å². The Kier molecular flexibility index (Phi) is 4.50. The van der Waals surface area contributed by atoms with Gasteiger partial charge in [0.1, 0.15) is 5.82 Å². The highest BCUT2D eigenvalue weighted by atomic mass is 35.5. The molecule has 4 rings (SSSR count).